The maximum absolute atomic E-state index is 14.9. The molecule has 0 aliphatic carbocycles. The number of nitrogens with one attached hydrogen (secondary N) is 3. The van der Waals surface area contributed by atoms with Crippen molar-refractivity contribution in [2.75, 3.05) is 56.7 Å². The van der Waals surface area contributed by atoms with Crippen molar-refractivity contribution >= 4 is 45.9 Å². The molecule has 1 aliphatic heterocycles. The van der Waals surface area contributed by atoms with E-state index in [1.807, 2.05) is 67.9 Å². The van der Waals surface area contributed by atoms with Gasteiger partial charge in [0.1, 0.15) is 6.04 Å². The van der Waals surface area contributed by atoms with Crippen LogP contribution in [0.5, 0.6) is 0 Å². The van der Waals surface area contributed by atoms with Gasteiger partial charge >= 0.3 is 0 Å². The number of hydrogen-bond acceptors (Lipinski definition) is 8. The molecule has 5 aromatic rings. The lowest BCUT2D eigenvalue weighted by atomic mass is 10.1. The Morgan fingerprint density at radius 1 is 1.04 bits per heavy atom. The van der Waals surface area contributed by atoms with E-state index in [4.69, 9.17) is 9.72 Å². The third-order valence-corrected chi connectivity index (χ3v) is 9.05. The Kier molecular flexibility index (Phi) is 9.94. The highest BCUT2D eigenvalue weighted by molar-refractivity contribution is 7.98. The second kappa shape index (κ2) is 14.4. The number of anilines is 3. The number of hydrogen-bond donors (Lipinski definition) is 3. The van der Waals surface area contributed by atoms with Gasteiger partial charge in [0, 0.05) is 54.4 Å². The van der Waals surface area contributed by atoms with Crippen molar-refractivity contribution in [1.82, 2.24) is 24.8 Å². The van der Waals surface area contributed by atoms with Gasteiger partial charge in [-0.05, 0) is 49.6 Å². The van der Waals surface area contributed by atoms with Crippen molar-refractivity contribution in [3.63, 3.8) is 0 Å². The molecule has 46 heavy (non-hydrogen) atoms. The fourth-order valence-electron chi connectivity index (χ4n) is 5.67. The summed E-state index contributed by atoms with van der Waals surface area (Å²) >= 11 is 1.34. The molecule has 238 valence electrons. The summed E-state index contributed by atoms with van der Waals surface area (Å²) in [6.45, 7) is 6.02. The first-order chi connectivity index (χ1) is 22.4. The first-order valence-electron chi connectivity index (χ1n) is 15.3. The Balaban J connectivity index is 1.23. The average molecular weight is 640 g/mol. The molecule has 1 amide bonds. The molecule has 0 spiro atoms. The highest BCUT2D eigenvalue weighted by atomic mass is 32.2. The molecular formula is C35H38FN7O2S. The lowest BCUT2D eigenvalue weighted by Gasteiger charge is -2.37. The lowest BCUT2D eigenvalue weighted by molar-refractivity contribution is -0.124. The van der Waals surface area contributed by atoms with E-state index < -0.39 is 6.04 Å². The molecule has 1 fully saturated rings. The van der Waals surface area contributed by atoms with Gasteiger partial charge in [-0.1, -0.05) is 48.5 Å². The van der Waals surface area contributed by atoms with Crippen LogP contribution in [-0.4, -0.2) is 82.8 Å². The molecule has 9 nitrogen and oxygen atoms in total. The zero-order valence-electron chi connectivity index (χ0n) is 26.2. The van der Waals surface area contributed by atoms with Crippen LogP contribution in [0.15, 0.2) is 84.0 Å². The van der Waals surface area contributed by atoms with Crippen LogP contribution >= 0.6 is 11.8 Å². The highest BCUT2D eigenvalue weighted by Gasteiger charge is 2.29. The number of piperazine rings is 1. The number of aromatic amines is 1. The topological polar surface area (TPSA) is 98.4 Å². The summed E-state index contributed by atoms with van der Waals surface area (Å²) in [6, 6.07) is 20.6. The second-order valence-electron chi connectivity index (χ2n) is 11.4. The minimum atomic E-state index is -0.440. The van der Waals surface area contributed by atoms with Gasteiger partial charge in [-0.3, -0.25) is 9.69 Å². The maximum atomic E-state index is 14.9. The van der Waals surface area contributed by atoms with E-state index >= 15 is 0 Å². The van der Waals surface area contributed by atoms with E-state index in [1.54, 1.807) is 24.4 Å². The van der Waals surface area contributed by atoms with Gasteiger partial charge in [-0.15, -0.1) is 11.8 Å². The smallest absolute Gasteiger partial charge is 0.244 e. The molecule has 1 saturated heterocycles. The molecule has 0 bridgehead atoms. The molecule has 3 heterocycles. The number of amides is 1. The van der Waals surface area contributed by atoms with Crippen LogP contribution in [0.4, 0.5) is 21.7 Å². The fraction of sp³-hybridized carbons (Fsp3) is 0.286. The summed E-state index contributed by atoms with van der Waals surface area (Å²) in [5, 5.41) is 7.13. The van der Waals surface area contributed by atoms with Gasteiger partial charge in [0.15, 0.2) is 5.82 Å². The number of nitrogens with zero attached hydrogens (tertiary/aromatic N) is 4. The number of fused-ring (bicyclic) bond motifs is 1. The van der Waals surface area contributed by atoms with E-state index in [2.05, 4.69) is 37.4 Å². The first kappa shape index (κ1) is 31.7. The molecule has 1 unspecified atom stereocenters. The number of rotatable bonds is 11. The number of likely N-dealkylation sites (N-methyl/N-ethyl adjacent to an activating group) is 1. The van der Waals surface area contributed by atoms with Crippen LogP contribution in [0, 0.1) is 12.7 Å². The van der Waals surface area contributed by atoms with Crippen LogP contribution in [0.25, 0.3) is 22.2 Å². The number of carbonyl (C=O) groups excluding carboxylic acids is 1. The van der Waals surface area contributed by atoms with Crippen molar-refractivity contribution in [2.45, 2.75) is 24.5 Å². The van der Waals surface area contributed by atoms with Crippen LogP contribution in [-0.2, 0) is 16.1 Å². The van der Waals surface area contributed by atoms with Gasteiger partial charge in [0.05, 0.1) is 35.8 Å². The molecule has 0 saturated carbocycles. The summed E-state index contributed by atoms with van der Waals surface area (Å²) in [5.41, 5.74) is 5.28. The summed E-state index contributed by atoms with van der Waals surface area (Å²) in [5.74, 6) is -0.156. The third-order valence-electron chi connectivity index (χ3n) is 8.30. The van der Waals surface area contributed by atoms with E-state index in [0.29, 0.717) is 34.5 Å². The van der Waals surface area contributed by atoms with Crippen LogP contribution in [0.2, 0.25) is 0 Å². The molecule has 3 N–H and O–H groups in total. The maximum Gasteiger partial charge on any atom is 0.244 e. The Labute approximate surface area is 272 Å². The molecule has 2 aromatic heterocycles. The number of carbonyl (C=O) groups is 1. The largest absolute Gasteiger partial charge is 0.375 e. The monoisotopic (exact) mass is 639 g/mol. The minimum Gasteiger partial charge on any atom is -0.375 e. The number of para-hydroxylation sites is 1. The Morgan fingerprint density at radius 3 is 2.59 bits per heavy atom. The first-order valence-corrected chi connectivity index (χ1v) is 16.5. The van der Waals surface area contributed by atoms with Crippen LogP contribution in [0.3, 0.4) is 0 Å². The Bertz CT molecular complexity index is 1810. The summed E-state index contributed by atoms with van der Waals surface area (Å²) < 4.78 is 21.0. The quantitative estimate of drug-likeness (QED) is 0.145. The molecular weight excluding hydrogens is 601 g/mol. The molecule has 0 radical (unpaired) electrons. The molecule has 1 atom stereocenters. The van der Waals surface area contributed by atoms with Gasteiger partial charge in [-0.2, -0.15) is 0 Å². The number of aromatic nitrogens is 3. The van der Waals surface area contributed by atoms with E-state index in [1.165, 1.54) is 11.8 Å². The summed E-state index contributed by atoms with van der Waals surface area (Å²) in [4.78, 5) is 31.4. The Hall–Kier alpha value is -4.29. The van der Waals surface area contributed by atoms with Gasteiger partial charge in [0.25, 0.3) is 0 Å². The minimum absolute atomic E-state index is 0.111. The van der Waals surface area contributed by atoms with Gasteiger partial charge in [-0.25, -0.2) is 14.4 Å². The predicted octanol–water partition coefficient (Wildman–Crippen LogP) is 6.31. The molecule has 1 aliphatic rings. The predicted molar refractivity (Wildman–Crippen MR) is 183 cm³/mol. The van der Waals surface area contributed by atoms with Crippen molar-refractivity contribution in [1.29, 1.82) is 0 Å². The zero-order chi connectivity index (χ0) is 32.0. The number of halogens is 1. The SMILES string of the molecule is CSc1cccc(Nc2ncc(C)c(-c3c[nH]c4c(NC(=O)C(COCc5ccccc5)N5CCN(C)CC5)cccc34)n2)c1F. The van der Waals surface area contributed by atoms with Crippen molar-refractivity contribution in [2.24, 2.45) is 0 Å². The number of H-pyrrole nitrogens is 1. The molecule has 3 aromatic carbocycles. The fourth-order valence-corrected chi connectivity index (χ4v) is 6.18. The summed E-state index contributed by atoms with van der Waals surface area (Å²) in [6.07, 6.45) is 5.44. The van der Waals surface area contributed by atoms with E-state index in [9.17, 15) is 9.18 Å². The lowest BCUT2D eigenvalue weighted by Crippen LogP contribution is -2.54. The Morgan fingerprint density at radius 2 is 1.80 bits per heavy atom. The number of ether oxygens (including phenoxy) is 1. The van der Waals surface area contributed by atoms with E-state index in [-0.39, 0.29) is 18.3 Å². The second-order valence-corrected chi connectivity index (χ2v) is 12.3. The third kappa shape index (κ3) is 7.07. The molecule has 6 rings (SSSR count). The molecule has 11 heteroatoms. The van der Waals surface area contributed by atoms with Crippen LogP contribution in [0.1, 0.15) is 11.1 Å². The number of thioether (sulfide) groups is 1. The van der Waals surface area contributed by atoms with Crippen molar-refractivity contribution < 1.29 is 13.9 Å². The van der Waals surface area contributed by atoms with Gasteiger partial charge in [0.2, 0.25) is 11.9 Å². The summed E-state index contributed by atoms with van der Waals surface area (Å²) in [7, 11) is 2.10. The zero-order valence-corrected chi connectivity index (χ0v) is 27.0. The normalized spacial score (nSPS) is 14.8. The van der Waals surface area contributed by atoms with Crippen molar-refractivity contribution in [3.8, 4) is 11.3 Å². The number of benzene rings is 3. The van der Waals surface area contributed by atoms with E-state index in [0.717, 1.165) is 53.8 Å². The highest BCUT2D eigenvalue weighted by Crippen LogP contribution is 2.34. The van der Waals surface area contributed by atoms with Crippen LogP contribution < -0.4 is 10.6 Å². The van der Waals surface area contributed by atoms with Crippen molar-refractivity contribution in [3.05, 3.63) is 96.1 Å². The number of aryl methyl sites for hydroxylation is 1. The standard InChI is InChI=1S/C35H38FN7O2S/c1-23-19-38-35(40-27-12-8-14-30(46-3)31(27)36)41-32(23)26-20-37-33-25(26)11-7-13-28(33)39-34(44)29(43-17-15-42(2)16-18-43)22-45-21-24-9-5-4-6-10-24/h4-14,19-20,29,37H,15-18,21-22H2,1-3H3,(H,39,44)(H,38,40,41). The van der Waals surface area contributed by atoms with Gasteiger partial charge < -0.3 is 25.3 Å². The average Bonchev–Trinajstić information content (AvgIpc) is 3.51.